The minimum Gasteiger partial charge on any atom is -0.479 e. The van der Waals surface area contributed by atoms with Gasteiger partial charge in [0, 0.05) is 42.3 Å². The van der Waals surface area contributed by atoms with Gasteiger partial charge in [-0.15, -0.1) is 0 Å². The summed E-state index contributed by atoms with van der Waals surface area (Å²) in [5.41, 5.74) is -0.298. The first-order valence-electron chi connectivity index (χ1n) is 8.56. The number of carboxylic acid groups (broad SMARTS) is 1. The first kappa shape index (κ1) is 16.6. The molecule has 134 valence electrons. The number of hydrogen-bond acceptors (Lipinski definition) is 4. The molecule has 0 aliphatic carbocycles. The number of furan rings is 1. The van der Waals surface area contributed by atoms with Gasteiger partial charge in [0.25, 0.3) is 5.91 Å². The van der Waals surface area contributed by atoms with Gasteiger partial charge in [0.1, 0.15) is 5.58 Å². The number of nitrogens with zero attached hydrogens (tertiary/aromatic N) is 1. The lowest BCUT2D eigenvalue weighted by atomic mass is 9.91. The number of aliphatic hydroxyl groups is 1. The van der Waals surface area contributed by atoms with E-state index in [1.807, 2.05) is 43.3 Å². The molecule has 0 spiro atoms. The number of amides is 1. The van der Waals surface area contributed by atoms with Crippen LogP contribution in [0.15, 0.2) is 40.8 Å². The van der Waals surface area contributed by atoms with Crippen molar-refractivity contribution in [1.29, 1.82) is 0 Å². The lowest BCUT2D eigenvalue weighted by molar-refractivity contribution is -0.162. The number of aryl methyl sites for hydroxylation is 1. The number of carbonyl (C=O) groups is 2. The molecule has 1 saturated heterocycles. The molecule has 0 unspecified atom stereocenters. The molecule has 6 nitrogen and oxygen atoms in total. The van der Waals surface area contributed by atoms with Gasteiger partial charge >= 0.3 is 5.97 Å². The van der Waals surface area contributed by atoms with Crippen molar-refractivity contribution in [1.82, 2.24) is 4.90 Å². The maximum Gasteiger partial charge on any atom is 0.335 e. The largest absolute Gasteiger partial charge is 0.479 e. The summed E-state index contributed by atoms with van der Waals surface area (Å²) in [6.45, 7) is 2.21. The summed E-state index contributed by atoms with van der Waals surface area (Å²) in [7, 11) is 0. The Labute approximate surface area is 149 Å². The first-order valence-corrected chi connectivity index (χ1v) is 8.56. The number of fused-ring (bicyclic) bond motifs is 3. The molecule has 1 fully saturated rings. The highest BCUT2D eigenvalue weighted by Crippen LogP contribution is 2.33. The van der Waals surface area contributed by atoms with Crippen LogP contribution in [0.4, 0.5) is 0 Å². The second-order valence-corrected chi connectivity index (χ2v) is 6.85. The maximum absolute atomic E-state index is 12.9. The Kier molecular flexibility index (Phi) is 3.73. The molecule has 1 amide bonds. The topological polar surface area (TPSA) is 91.0 Å². The van der Waals surface area contributed by atoms with E-state index in [4.69, 9.17) is 9.52 Å². The van der Waals surface area contributed by atoms with E-state index in [9.17, 15) is 14.7 Å². The van der Waals surface area contributed by atoms with Crippen molar-refractivity contribution in [2.24, 2.45) is 0 Å². The van der Waals surface area contributed by atoms with Crippen LogP contribution in [0.2, 0.25) is 0 Å². The molecule has 2 aromatic carbocycles. The molecule has 0 radical (unpaired) electrons. The summed E-state index contributed by atoms with van der Waals surface area (Å²) < 4.78 is 5.96. The number of hydrogen-bond donors (Lipinski definition) is 2. The van der Waals surface area contributed by atoms with Gasteiger partial charge < -0.3 is 19.5 Å². The van der Waals surface area contributed by atoms with Crippen LogP contribution in [0.3, 0.4) is 0 Å². The van der Waals surface area contributed by atoms with Crippen molar-refractivity contribution in [2.45, 2.75) is 25.4 Å². The minimum atomic E-state index is -1.75. The molecule has 1 aliphatic rings. The molecule has 4 rings (SSSR count). The maximum atomic E-state index is 12.9. The number of carboxylic acids is 1. The van der Waals surface area contributed by atoms with E-state index >= 15 is 0 Å². The van der Waals surface area contributed by atoms with Gasteiger partial charge in [0.05, 0.1) is 0 Å². The van der Waals surface area contributed by atoms with Crippen molar-refractivity contribution in [2.75, 3.05) is 13.1 Å². The Morgan fingerprint density at radius 1 is 1.08 bits per heavy atom. The third kappa shape index (κ3) is 2.45. The lowest BCUT2D eigenvalue weighted by Crippen LogP contribution is -2.50. The number of piperidine rings is 1. The third-order valence-electron chi connectivity index (χ3n) is 5.30. The fraction of sp³-hybridized carbons (Fsp3) is 0.300. The first-order chi connectivity index (χ1) is 12.4. The molecule has 6 heteroatoms. The number of rotatable bonds is 2. The average Bonchev–Trinajstić information content (AvgIpc) is 2.99. The van der Waals surface area contributed by atoms with E-state index < -0.39 is 11.6 Å². The summed E-state index contributed by atoms with van der Waals surface area (Å²) in [4.78, 5) is 25.6. The molecular weight excluding hydrogens is 334 g/mol. The van der Waals surface area contributed by atoms with Crippen molar-refractivity contribution >= 4 is 33.6 Å². The Bertz CT molecular complexity index is 1030. The van der Waals surface area contributed by atoms with E-state index in [-0.39, 0.29) is 37.6 Å². The normalized spacial score (nSPS) is 16.9. The van der Waals surface area contributed by atoms with Crippen molar-refractivity contribution < 1.29 is 24.2 Å². The van der Waals surface area contributed by atoms with Crippen molar-refractivity contribution in [3.05, 3.63) is 47.7 Å². The van der Waals surface area contributed by atoms with Crippen LogP contribution in [0.5, 0.6) is 0 Å². The lowest BCUT2D eigenvalue weighted by Gasteiger charge is -2.34. The van der Waals surface area contributed by atoms with Gasteiger partial charge in [-0.3, -0.25) is 4.79 Å². The number of aliphatic carboxylic acids is 1. The van der Waals surface area contributed by atoms with E-state index in [0.29, 0.717) is 5.58 Å². The molecule has 1 aliphatic heterocycles. The Balaban J connectivity index is 1.69. The number of benzene rings is 2. The Hall–Kier alpha value is -2.86. The van der Waals surface area contributed by atoms with Crippen LogP contribution < -0.4 is 0 Å². The zero-order chi connectivity index (χ0) is 18.5. The highest BCUT2D eigenvalue weighted by molar-refractivity contribution is 6.08. The van der Waals surface area contributed by atoms with Gasteiger partial charge in [-0.1, -0.05) is 36.4 Å². The van der Waals surface area contributed by atoms with E-state index in [1.165, 1.54) is 0 Å². The van der Waals surface area contributed by atoms with Crippen LogP contribution in [0.25, 0.3) is 21.7 Å². The Morgan fingerprint density at radius 2 is 1.77 bits per heavy atom. The van der Waals surface area contributed by atoms with Gasteiger partial charge in [-0.2, -0.15) is 0 Å². The fourth-order valence-corrected chi connectivity index (χ4v) is 3.59. The van der Waals surface area contributed by atoms with E-state index in [1.54, 1.807) is 4.90 Å². The standard InChI is InChI=1S/C20H19NO5/c1-12-14-7-6-13-4-2-3-5-15(13)17(14)26-16(12)18(22)21-10-8-20(25,9-11-21)19(23)24/h2-7,25H,8-11H2,1H3,(H,23,24). The minimum absolute atomic E-state index is 0.0102. The average molecular weight is 353 g/mol. The van der Waals surface area contributed by atoms with E-state index in [0.717, 1.165) is 21.7 Å². The van der Waals surface area contributed by atoms with Gasteiger partial charge in [-0.25, -0.2) is 4.79 Å². The van der Waals surface area contributed by atoms with Crippen LogP contribution in [0.1, 0.15) is 29.0 Å². The molecule has 26 heavy (non-hydrogen) atoms. The fourth-order valence-electron chi connectivity index (χ4n) is 3.59. The molecule has 0 atom stereocenters. The quantitative estimate of drug-likeness (QED) is 0.739. The zero-order valence-corrected chi connectivity index (χ0v) is 14.4. The molecule has 1 aromatic heterocycles. The second kappa shape index (κ2) is 5.85. The number of carbonyl (C=O) groups excluding carboxylic acids is 1. The highest BCUT2D eigenvalue weighted by atomic mass is 16.4. The summed E-state index contributed by atoms with van der Waals surface area (Å²) >= 11 is 0. The van der Waals surface area contributed by atoms with Crippen LogP contribution >= 0.6 is 0 Å². The Morgan fingerprint density at radius 3 is 2.46 bits per heavy atom. The van der Waals surface area contributed by atoms with Gasteiger partial charge in [0.15, 0.2) is 11.4 Å². The summed E-state index contributed by atoms with van der Waals surface area (Å²) in [5.74, 6) is -1.23. The SMILES string of the molecule is Cc1c(C(=O)N2CCC(O)(C(=O)O)CC2)oc2c1ccc1ccccc12. The third-order valence-corrected chi connectivity index (χ3v) is 5.30. The second-order valence-electron chi connectivity index (χ2n) is 6.85. The molecule has 0 bridgehead atoms. The summed E-state index contributed by atoms with van der Waals surface area (Å²) in [6.07, 6.45) is 0.0204. The van der Waals surface area contributed by atoms with Crippen LogP contribution in [0, 0.1) is 6.92 Å². The predicted molar refractivity (Wildman–Crippen MR) is 96.2 cm³/mol. The highest BCUT2D eigenvalue weighted by Gasteiger charge is 2.41. The van der Waals surface area contributed by atoms with E-state index in [2.05, 4.69) is 0 Å². The summed E-state index contributed by atoms with van der Waals surface area (Å²) in [6, 6.07) is 11.8. The molecule has 2 heterocycles. The smallest absolute Gasteiger partial charge is 0.335 e. The molecular formula is C20H19NO5. The van der Waals surface area contributed by atoms with Crippen molar-refractivity contribution in [3.8, 4) is 0 Å². The molecule has 2 N–H and O–H groups in total. The van der Waals surface area contributed by atoms with Gasteiger partial charge in [0.2, 0.25) is 0 Å². The number of likely N-dealkylation sites (tertiary alicyclic amines) is 1. The summed E-state index contributed by atoms with van der Waals surface area (Å²) in [5, 5.41) is 22.0. The molecule has 3 aromatic rings. The van der Waals surface area contributed by atoms with Crippen molar-refractivity contribution in [3.63, 3.8) is 0 Å². The zero-order valence-electron chi connectivity index (χ0n) is 14.4. The predicted octanol–water partition coefficient (Wildman–Crippen LogP) is 2.95. The van der Waals surface area contributed by atoms with Crippen LogP contribution in [-0.2, 0) is 4.79 Å². The monoisotopic (exact) mass is 353 g/mol. The molecule has 0 saturated carbocycles. The van der Waals surface area contributed by atoms with Crippen LogP contribution in [-0.4, -0.2) is 45.7 Å². The van der Waals surface area contributed by atoms with Gasteiger partial charge in [-0.05, 0) is 12.3 Å².